The highest BCUT2D eigenvalue weighted by Gasteiger charge is 2.40. The van der Waals surface area contributed by atoms with Crippen LogP contribution >= 0.6 is 11.8 Å². The molecule has 1 saturated heterocycles. The summed E-state index contributed by atoms with van der Waals surface area (Å²) >= 11 is 1.91. The fourth-order valence-corrected chi connectivity index (χ4v) is 4.62. The molecule has 2 unspecified atom stereocenters. The van der Waals surface area contributed by atoms with Crippen molar-refractivity contribution in [1.29, 1.82) is 0 Å². The number of aliphatic hydroxyl groups is 1. The number of ether oxygens (including phenoxy) is 1. The van der Waals surface area contributed by atoms with E-state index in [1.54, 1.807) is 0 Å². The Morgan fingerprint density at radius 3 is 2.63 bits per heavy atom. The summed E-state index contributed by atoms with van der Waals surface area (Å²) in [6, 6.07) is 0. The quantitative estimate of drug-likeness (QED) is 0.832. The zero-order chi connectivity index (χ0) is 13.7. The average molecular weight is 286 g/mol. The van der Waals surface area contributed by atoms with Crippen molar-refractivity contribution in [2.24, 2.45) is 11.8 Å². The molecule has 2 fully saturated rings. The van der Waals surface area contributed by atoms with Gasteiger partial charge in [-0.15, -0.1) is 0 Å². The Kier molecular flexibility index (Phi) is 6.04. The summed E-state index contributed by atoms with van der Waals surface area (Å²) in [5.41, 5.74) is 0.130. The molecule has 2 nitrogen and oxygen atoms in total. The highest BCUT2D eigenvalue weighted by molar-refractivity contribution is 7.99. The van der Waals surface area contributed by atoms with Crippen LogP contribution in [0.3, 0.4) is 0 Å². The van der Waals surface area contributed by atoms with Crippen molar-refractivity contribution in [1.82, 2.24) is 0 Å². The number of hydrogen-bond donors (Lipinski definition) is 1. The van der Waals surface area contributed by atoms with Crippen molar-refractivity contribution in [2.45, 2.75) is 70.5 Å². The van der Waals surface area contributed by atoms with Gasteiger partial charge in [0.25, 0.3) is 0 Å². The van der Waals surface area contributed by atoms with Crippen molar-refractivity contribution in [3.8, 4) is 0 Å². The second-order valence-corrected chi connectivity index (χ2v) is 7.92. The Balaban J connectivity index is 1.79. The molecule has 1 aliphatic heterocycles. The van der Waals surface area contributed by atoms with Crippen molar-refractivity contribution >= 4 is 11.8 Å². The van der Waals surface area contributed by atoms with Crippen LogP contribution in [0.4, 0.5) is 0 Å². The summed E-state index contributed by atoms with van der Waals surface area (Å²) < 4.78 is 6.11. The Bertz CT molecular complexity index is 256. The second kappa shape index (κ2) is 7.33. The smallest absolute Gasteiger partial charge is 0.0686 e. The van der Waals surface area contributed by atoms with Crippen LogP contribution in [-0.2, 0) is 4.74 Å². The maximum Gasteiger partial charge on any atom is 0.0686 e. The van der Waals surface area contributed by atoms with Crippen molar-refractivity contribution in [3.05, 3.63) is 0 Å². The SMILES string of the molecule is CC(C)CSCC(O)C1CCOC2(CCCCC2)C1. The third kappa shape index (κ3) is 4.64. The van der Waals surface area contributed by atoms with Gasteiger partial charge in [-0.3, -0.25) is 0 Å². The number of rotatable bonds is 5. The van der Waals surface area contributed by atoms with Crippen molar-refractivity contribution in [3.63, 3.8) is 0 Å². The predicted molar refractivity (Wildman–Crippen MR) is 82.7 cm³/mol. The summed E-state index contributed by atoms with van der Waals surface area (Å²) in [4.78, 5) is 0. The summed E-state index contributed by atoms with van der Waals surface area (Å²) in [5.74, 6) is 3.24. The maximum absolute atomic E-state index is 10.4. The van der Waals surface area contributed by atoms with Gasteiger partial charge in [-0.05, 0) is 43.3 Å². The summed E-state index contributed by atoms with van der Waals surface area (Å²) in [6.45, 7) is 5.34. The van der Waals surface area contributed by atoms with Crippen molar-refractivity contribution < 1.29 is 9.84 Å². The molecule has 0 amide bonds. The molecule has 2 rings (SSSR count). The largest absolute Gasteiger partial charge is 0.392 e. The molecule has 1 heterocycles. The van der Waals surface area contributed by atoms with Gasteiger partial charge >= 0.3 is 0 Å². The molecule has 3 heteroatoms. The van der Waals surface area contributed by atoms with Crippen LogP contribution in [0.1, 0.15) is 58.8 Å². The van der Waals surface area contributed by atoms with Crippen LogP contribution in [0.2, 0.25) is 0 Å². The van der Waals surface area contributed by atoms with Gasteiger partial charge in [0, 0.05) is 12.4 Å². The van der Waals surface area contributed by atoms with Gasteiger partial charge in [-0.2, -0.15) is 11.8 Å². The lowest BCUT2D eigenvalue weighted by molar-refractivity contribution is -0.131. The molecule has 1 saturated carbocycles. The third-order valence-corrected chi connectivity index (χ3v) is 6.06. The normalized spacial score (nSPS) is 28.7. The number of aliphatic hydroxyl groups excluding tert-OH is 1. The van der Waals surface area contributed by atoms with Gasteiger partial charge in [0.1, 0.15) is 0 Å². The van der Waals surface area contributed by atoms with Gasteiger partial charge in [-0.25, -0.2) is 0 Å². The molecule has 19 heavy (non-hydrogen) atoms. The van der Waals surface area contributed by atoms with E-state index in [1.165, 1.54) is 32.1 Å². The fraction of sp³-hybridized carbons (Fsp3) is 1.00. The van der Waals surface area contributed by atoms with E-state index in [1.807, 2.05) is 11.8 Å². The van der Waals surface area contributed by atoms with E-state index in [-0.39, 0.29) is 11.7 Å². The van der Waals surface area contributed by atoms with E-state index < -0.39 is 0 Å². The Morgan fingerprint density at radius 1 is 1.21 bits per heavy atom. The van der Waals surface area contributed by atoms with E-state index in [4.69, 9.17) is 4.74 Å². The minimum atomic E-state index is -0.133. The van der Waals surface area contributed by atoms with E-state index in [0.717, 1.165) is 36.9 Å². The minimum absolute atomic E-state index is 0.130. The lowest BCUT2D eigenvalue weighted by Gasteiger charge is -2.44. The molecule has 0 bridgehead atoms. The monoisotopic (exact) mass is 286 g/mol. The Hall–Kier alpha value is 0.270. The molecule has 0 radical (unpaired) electrons. The topological polar surface area (TPSA) is 29.5 Å². The van der Waals surface area contributed by atoms with E-state index in [9.17, 15) is 5.11 Å². The van der Waals surface area contributed by atoms with Crippen LogP contribution in [0.5, 0.6) is 0 Å². The highest BCUT2D eigenvalue weighted by Crippen LogP contribution is 2.41. The van der Waals surface area contributed by atoms with Crippen LogP contribution in [0.15, 0.2) is 0 Å². The van der Waals surface area contributed by atoms with Crippen LogP contribution < -0.4 is 0 Å². The molecule has 1 N–H and O–H groups in total. The zero-order valence-electron chi connectivity index (χ0n) is 12.6. The number of hydrogen-bond acceptors (Lipinski definition) is 3. The molecule has 0 aromatic heterocycles. The predicted octanol–water partition coefficient (Wildman–Crippen LogP) is 3.87. The molecule has 0 aromatic carbocycles. The van der Waals surface area contributed by atoms with Crippen molar-refractivity contribution in [2.75, 3.05) is 18.1 Å². The van der Waals surface area contributed by atoms with E-state index >= 15 is 0 Å². The van der Waals surface area contributed by atoms with Crippen LogP contribution in [-0.4, -0.2) is 34.9 Å². The Morgan fingerprint density at radius 2 is 1.95 bits per heavy atom. The maximum atomic E-state index is 10.4. The van der Waals surface area contributed by atoms with E-state index in [0.29, 0.717) is 5.92 Å². The van der Waals surface area contributed by atoms with Gasteiger partial charge in [0.05, 0.1) is 11.7 Å². The fourth-order valence-electron chi connectivity index (χ4n) is 3.50. The first-order chi connectivity index (χ1) is 9.11. The molecular weight excluding hydrogens is 256 g/mol. The zero-order valence-corrected chi connectivity index (χ0v) is 13.4. The first-order valence-corrected chi connectivity index (χ1v) is 9.16. The molecular formula is C16H30O2S. The number of thioether (sulfide) groups is 1. The van der Waals surface area contributed by atoms with Gasteiger partial charge in [-0.1, -0.05) is 33.1 Å². The first-order valence-electron chi connectivity index (χ1n) is 8.01. The Labute approximate surface area is 122 Å². The molecule has 112 valence electrons. The average Bonchev–Trinajstić information content (AvgIpc) is 2.39. The molecule has 1 aliphatic carbocycles. The molecule has 2 aliphatic rings. The first kappa shape index (κ1) is 15.7. The summed E-state index contributed by atoms with van der Waals surface area (Å²) in [5, 5.41) is 10.4. The third-order valence-electron chi connectivity index (χ3n) is 4.58. The van der Waals surface area contributed by atoms with Gasteiger partial charge in [0.15, 0.2) is 0 Å². The lowest BCUT2D eigenvalue weighted by Crippen LogP contribution is -2.44. The summed E-state index contributed by atoms with van der Waals surface area (Å²) in [6.07, 6.45) is 8.43. The van der Waals surface area contributed by atoms with E-state index in [2.05, 4.69) is 13.8 Å². The minimum Gasteiger partial charge on any atom is -0.392 e. The van der Waals surface area contributed by atoms with Gasteiger partial charge in [0.2, 0.25) is 0 Å². The standard InChI is InChI=1S/C16H30O2S/c1-13(2)11-19-12-15(17)14-6-9-18-16(10-14)7-4-3-5-8-16/h13-15,17H,3-12H2,1-2H3. The van der Waals surface area contributed by atoms with Crippen LogP contribution in [0.25, 0.3) is 0 Å². The second-order valence-electron chi connectivity index (χ2n) is 6.84. The highest BCUT2D eigenvalue weighted by atomic mass is 32.2. The molecule has 2 atom stereocenters. The molecule has 1 spiro atoms. The van der Waals surface area contributed by atoms with Crippen LogP contribution in [0, 0.1) is 11.8 Å². The summed E-state index contributed by atoms with van der Waals surface area (Å²) in [7, 11) is 0. The lowest BCUT2D eigenvalue weighted by atomic mass is 9.75. The molecule has 0 aromatic rings. The van der Waals surface area contributed by atoms with Gasteiger partial charge < -0.3 is 9.84 Å².